The van der Waals surface area contributed by atoms with Crippen LogP contribution >= 0.6 is 23.2 Å². The van der Waals surface area contributed by atoms with E-state index in [-0.39, 0.29) is 39.6 Å². The molecule has 0 saturated heterocycles. The fourth-order valence-corrected chi connectivity index (χ4v) is 4.56. The Hall–Kier alpha value is -3.88. The molecule has 1 saturated carbocycles. The molecule has 2 amide bonds. The Morgan fingerprint density at radius 2 is 1.76 bits per heavy atom. The maximum Gasteiger partial charge on any atom is 0.342 e. The van der Waals surface area contributed by atoms with Crippen LogP contribution in [0.2, 0.25) is 10.0 Å². The van der Waals surface area contributed by atoms with Crippen molar-refractivity contribution in [3.8, 4) is 17.0 Å². The first-order valence-electron chi connectivity index (χ1n) is 11.5. The Labute approximate surface area is 221 Å². The van der Waals surface area contributed by atoms with Gasteiger partial charge >= 0.3 is 6.03 Å². The van der Waals surface area contributed by atoms with E-state index in [1.54, 1.807) is 48.5 Å². The lowest BCUT2D eigenvalue weighted by atomic mass is 10.1. The number of carbonyl (C=O) groups excluding carboxylic acids is 2. The summed E-state index contributed by atoms with van der Waals surface area (Å²) >= 11 is 12.2. The van der Waals surface area contributed by atoms with Crippen LogP contribution in [0.25, 0.3) is 11.3 Å². The number of amides is 2. The highest BCUT2D eigenvalue weighted by Gasteiger charge is 2.31. The van der Waals surface area contributed by atoms with Gasteiger partial charge in [-0.25, -0.2) is 9.18 Å². The molecule has 0 bridgehead atoms. The van der Waals surface area contributed by atoms with Crippen molar-refractivity contribution in [2.24, 2.45) is 0 Å². The predicted molar refractivity (Wildman–Crippen MR) is 140 cm³/mol. The summed E-state index contributed by atoms with van der Waals surface area (Å²) in [6.07, 6.45) is 1.87. The van der Waals surface area contributed by atoms with Crippen molar-refractivity contribution < 1.29 is 19.1 Å². The quantitative estimate of drug-likeness (QED) is 0.258. The van der Waals surface area contributed by atoms with Gasteiger partial charge in [0.05, 0.1) is 27.0 Å². The number of nitrogens with one attached hydrogen (secondary N) is 2. The number of benzene rings is 3. The summed E-state index contributed by atoms with van der Waals surface area (Å²) in [6, 6.07) is 16.7. The van der Waals surface area contributed by atoms with E-state index < -0.39 is 11.9 Å². The molecule has 1 fully saturated rings. The average molecular weight is 539 g/mol. The van der Waals surface area contributed by atoms with Gasteiger partial charge < -0.3 is 15.7 Å². The van der Waals surface area contributed by atoms with Gasteiger partial charge in [0.25, 0.3) is 5.91 Å². The number of hydrogen-bond donors (Lipinski definition) is 3. The Kier molecular flexibility index (Phi) is 6.86. The number of nitrogens with zero attached hydrogens (tertiary/aromatic N) is 2. The van der Waals surface area contributed by atoms with Crippen LogP contribution in [0.3, 0.4) is 0 Å². The topological polar surface area (TPSA) is 96.3 Å². The van der Waals surface area contributed by atoms with Crippen molar-refractivity contribution in [2.45, 2.75) is 25.3 Å². The van der Waals surface area contributed by atoms with Crippen LogP contribution in [0.5, 0.6) is 5.75 Å². The Balaban J connectivity index is 1.36. The highest BCUT2D eigenvalue weighted by Crippen LogP contribution is 2.42. The molecular weight excluding hydrogens is 518 g/mol. The fraction of sp³-hybridized carbons (Fsp3) is 0.148. The van der Waals surface area contributed by atoms with Gasteiger partial charge in [0.1, 0.15) is 11.6 Å². The minimum Gasteiger partial charge on any atom is -0.507 e. The molecule has 188 valence electrons. The number of aromatic nitrogens is 2. The normalized spacial score (nSPS) is 12.8. The van der Waals surface area contributed by atoms with Crippen molar-refractivity contribution in [1.29, 1.82) is 0 Å². The number of hydrogen-bond acceptors (Lipinski definition) is 4. The van der Waals surface area contributed by atoms with Crippen molar-refractivity contribution in [3.63, 3.8) is 0 Å². The zero-order valence-electron chi connectivity index (χ0n) is 19.3. The molecule has 0 radical (unpaired) electrons. The second-order valence-electron chi connectivity index (χ2n) is 8.71. The zero-order chi connectivity index (χ0) is 26.1. The van der Waals surface area contributed by atoms with E-state index in [1.807, 2.05) is 0 Å². The van der Waals surface area contributed by atoms with Crippen molar-refractivity contribution >= 4 is 40.8 Å². The fourth-order valence-electron chi connectivity index (χ4n) is 3.99. The molecule has 1 aliphatic carbocycles. The lowest BCUT2D eigenvalue weighted by Gasteiger charge is -2.10. The Morgan fingerprint density at radius 1 is 1.03 bits per heavy atom. The molecule has 37 heavy (non-hydrogen) atoms. The van der Waals surface area contributed by atoms with Crippen LogP contribution in [0.15, 0.2) is 66.7 Å². The van der Waals surface area contributed by atoms with Crippen molar-refractivity contribution in [3.05, 3.63) is 99.4 Å². The first-order valence-corrected chi connectivity index (χ1v) is 12.3. The third-order valence-corrected chi connectivity index (χ3v) is 6.61. The number of anilines is 1. The molecule has 5 rings (SSSR count). The molecule has 0 aliphatic heterocycles. The van der Waals surface area contributed by atoms with E-state index >= 15 is 0 Å². The summed E-state index contributed by atoms with van der Waals surface area (Å²) in [6.45, 7) is 0.144. The largest absolute Gasteiger partial charge is 0.507 e. The molecular formula is C27H21Cl2FN4O3. The Bertz CT molecular complexity index is 1500. The van der Waals surface area contributed by atoms with E-state index in [0.29, 0.717) is 22.5 Å². The summed E-state index contributed by atoms with van der Waals surface area (Å²) in [4.78, 5) is 25.6. The maximum atomic E-state index is 13.5. The van der Waals surface area contributed by atoms with Crippen LogP contribution < -0.4 is 10.6 Å². The summed E-state index contributed by atoms with van der Waals surface area (Å²) in [5, 5.41) is 21.0. The van der Waals surface area contributed by atoms with E-state index in [1.165, 1.54) is 22.9 Å². The molecule has 10 heteroatoms. The van der Waals surface area contributed by atoms with Crippen molar-refractivity contribution in [1.82, 2.24) is 15.1 Å². The zero-order valence-corrected chi connectivity index (χ0v) is 20.9. The maximum absolute atomic E-state index is 13.5. The third-order valence-electron chi connectivity index (χ3n) is 5.98. The van der Waals surface area contributed by atoms with E-state index in [9.17, 15) is 19.1 Å². The van der Waals surface area contributed by atoms with E-state index in [0.717, 1.165) is 18.5 Å². The summed E-state index contributed by atoms with van der Waals surface area (Å²) in [5.41, 5.74) is 2.63. The lowest BCUT2D eigenvalue weighted by Crippen LogP contribution is -2.30. The summed E-state index contributed by atoms with van der Waals surface area (Å²) in [7, 11) is 0. The smallest absolute Gasteiger partial charge is 0.342 e. The van der Waals surface area contributed by atoms with E-state index in [2.05, 4.69) is 15.7 Å². The lowest BCUT2D eigenvalue weighted by molar-refractivity contribution is 0.102. The number of carbonyl (C=O) groups is 2. The molecule has 3 N–H and O–H groups in total. The second kappa shape index (κ2) is 10.2. The highest BCUT2D eigenvalue weighted by atomic mass is 35.5. The molecule has 1 aliphatic rings. The highest BCUT2D eigenvalue weighted by molar-refractivity contribution is 6.40. The minimum atomic E-state index is -0.516. The number of rotatable bonds is 6. The first kappa shape index (κ1) is 24.8. The summed E-state index contributed by atoms with van der Waals surface area (Å²) < 4.78 is 14.7. The molecule has 0 spiro atoms. The molecule has 0 atom stereocenters. The van der Waals surface area contributed by atoms with Gasteiger partial charge in [0.2, 0.25) is 0 Å². The van der Waals surface area contributed by atoms with Gasteiger partial charge in [-0.3, -0.25) is 4.79 Å². The molecule has 4 aromatic rings. The van der Waals surface area contributed by atoms with Crippen LogP contribution in [-0.2, 0) is 6.54 Å². The van der Waals surface area contributed by atoms with Gasteiger partial charge in [-0.05, 0) is 60.9 Å². The van der Waals surface area contributed by atoms with Gasteiger partial charge in [0.15, 0.2) is 0 Å². The standard InChI is InChI=1S/C27H21Cl2FN4O3/c28-20-5-2-6-21(29)25(20)26(36)32-18-9-10-19(24(35)12-18)22-13-23(16-7-8-16)34(33-22)27(37)31-14-15-3-1-4-17(30)11-15/h1-6,9-13,16,35H,7-8,14H2,(H,31,37)(H,32,36). The molecule has 1 heterocycles. The van der Waals surface area contributed by atoms with E-state index in [4.69, 9.17) is 23.2 Å². The molecule has 0 unspecified atom stereocenters. The second-order valence-corrected chi connectivity index (χ2v) is 9.53. The molecule has 7 nitrogen and oxygen atoms in total. The minimum absolute atomic E-state index is 0.129. The molecule has 1 aromatic heterocycles. The van der Waals surface area contributed by atoms with Crippen LogP contribution in [-0.4, -0.2) is 26.8 Å². The van der Waals surface area contributed by atoms with Crippen LogP contribution in [0.1, 0.15) is 40.4 Å². The SMILES string of the molecule is O=C(Nc1ccc(-c2cc(C3CC3)n(C(=O)NCc3cccc(F)c3)n2)c(O)c1)c1c(Cl)cccc1Cl. The van der Waals surface area contributed by atoms with Gasteiger partial charge in [-0.2, -0.15) is 9.78 Å². The molecule has 3 aromatic carbocycles. The number of aromatic hydroxyl groups is 1. The first-order chi connectivity index (χ1) is 17.8. The van der Waals surface area contributed by atoms with Crippen LogP contribution in [0, 0.1) is 5.82 Å². The average Bonchev–Trinajstić information content (AvgIpc) is 3.61. The van der Waals surface area contributed by atoms with Crippen LogP contribution in [0.4, 0.5) is 14.9 Å². The van der Waals surface area contributed by atoms with Gasteiger partial charge in [-0.1, -0.05) is 41.4 Å². The third kappa shape index (κ3) is 5.45. The monoisotopic (exact) mass is 538 g/mol. The Morgan fingerprint density at radius 3 is 2.43 bits per heavy atom. The van der Waals surface area contributed by atoms with Gasteiger partial charge in [-0.15, -0.1) is 0 Å². The summed E-state index contributed by atoms with van der Waals surface area (Å²) in [5.74, 6) is -0.827. The van der Waals surface area contributed by atoms with Gasteiger partial charge in [0, 0.05) is 29.8 Å². The number of halogens is 3. The number of phenolic OH excluding ortho intramolecular Hbond substituents is 1. The van der Waals surface area contributed by atoms with Crippen molar-refractivity contribution in [2.75, 3.05) is 5.32 Å². The predicted octanol–water partition coefficient (Wildman–Crippen LogP) is 6.59. The number of phenols is 1.